The van der Waals surface area contributed by atoms with E-state index in [2.05, 4.69) is 0 Å². The number of rotatable bonds is 7. The van der Waals surface area contributed by atoms with Gasteiger partial charge in [-0.25, -0.2) is 13.2 Å². The largest absolute Gasteiger partial charge is 0.497 e. The third kappa shape index (κ3) is 5.74. The van der Waals surface area contributed by atoms with E-state index in [1.54, 1.807) is 7.11 Å². The second-order valence-electron chi connectivity index (χ2n) is 8.58. The quantitative estimate of drug-likeness (QED) is 0.326. The highest BCUT2D eigenvalue weighted by Crippen LogP contribution is 2.25. The Labute approximate surface area is 205 Å². The first-order valence-electron chi connectivity index (χ1n) is 11.1. The van der Waals surface area contributed by atoms with Gasteiger partial charge in [0.05, 0.1) is 18.6 Å². The van der Waals surface area contributed by atoms with Gasteiger partial charge in [-0.05, 0) is 69.2 Å². The highest BCUT2D eigenvalue weighted by molar-refractivity contribution is 7.91. The van der Waals surface area contributed by atoms with Crippen LogP contribution in [0.1, 0.15) is 30.3 Å². The van der Waals surface area contributed by atoms with Crippen LogP contribution >= 0.6 is 0 Å². The van der Waals surface area contributed by atoms with Crippen molar-refractivity contribution in [1.29, 1.82) is 5.26 Å². The number of sulfone groups is 1. The van der Waals surface area contributed by atoms with E-state index in [1.807, 2.05) is 54.8 Å². The molecule has 1 aromatic heterocycles. The number of esters is 1. The molecule has 1 fully saturated rings. The Balaban J connectivity index is 1.76. The van der Waals surface area contributed by atoms with Crippen molar-refractivity contribution in [2.75, 3.05) is 25.7 Å². The fourth-order valence-corrected chi connectivity index (χ4v) is 5.95. The molecule has 1 aromatic carbocycles. The zero-order chi connectivity index (χ0) is 25.9. The van der Waals surface area contributed by atoms with Crippen LogP contribution in [0.25, 0.3) is 11.8 Å². The van der Waals surface area contributed by atoms with Crippen LogP contribution in [0.2, 0.25) is 0 Å². The van der Waals surface area contributed by atoms with Crippen LogP contribution in [0.3, 0.4) is 0 Å². The van der Waals surface area contributed by atoms with E-state index in [0.717, 1.165) is 22.8 Å². The van der Waals surface area contributed by atoms with Crippen molar-refractivity contribution in [2.24, 2.45) is 0 Å². The van der Waals surface area contributed by atoms with E-state index in [0.29, 0.717) is 12.0 Å². The molecular formula is C25H29N3O6S. The number of aryl methyl sites for hydroxylation is 1. The predicted octanol–water partition coefficient (Wildman–Crippen LogP) is 2.59. The molecule has 0 aliphatic carbocycles. The van der Waals surface area contributed by atoms with Crippen molar-refractivity contribution in [3.05, 3.63) is 52.9 Å². The maximum Gasteiger partial charge on any atom is 0.349 e. The Bertz CT molecular complexity index is 1300. The molecule has 3 rings (SSSR count). The third-order valence-corrected chi connectivity index (χ3v) is 7.93. The number of carbonyl (C=O) groups excluding carboxylic acids is 2. The van der Waals surface area contributed by atoms with Crippen LogP contribution in [0.15, 0.2) is 35.9 Å². The molecule has 1 aliphatic rings. The Morgan fingerprint density at radius 2 is 1.91 bits per heavy atom. The van der Waals surface area contributed by atoms with Gasteiger partial charge in [0, 0.05) is 30.2 Å². The van der Waals surface area contributed by atoms with Gasteiger partial charge in [-0.2, -0.15) is 5.26 Å². The first-order chi connectivity index (χ1) is 16.5. The number of nitriles is 1. The average Bonchev–Trinajstić information content (AvgIpc) is 3.33. The molecule has 1 aliphatic heterocycles. The molecule has 2 atom stereocenters. The molecule has 2 heterocycles. The lowest BCUT2D eigenvalue weighted by Crippen LogP contribution is -2.44. The molecule has 2 aromatic rings. The monoisotopic (exact) mass is 499 g/mol. The summed E-state index contributed by atoms with van der Waals surface area (Å²) in [4.78, 5) is 26.7. The summed E-state index contributed by atoms with van der Waals surface area (Å²) in [6, 6.07) is 10.8. The molecule has 35 heavy (non-hydrogen) atoms. The Morgan fingerprint density at radius 1 is 1.26 bits per heavy atom. The van der Waals surface area contributed by atoms with Crippen LogP contribution in [0.5, 0.6) is 5.75 Å². The van der Waals surface area contributed by atoms with Crippen molar-refractivity contribution < 1.29 is 27.5 Å². The van der Waals surface area contributed by atoms with Crippen LogP contribution in [-0.4, -0.2) is 67.6 Å². The van der Waals surface area contributed by atoms with Gasteiger partial charge in [0.25, 0.3) is 5.91 Å². The van der Waals surface area contributed by atoms with E-state index < -0.39 is 33.9 Å². The van der Waals surface area contributed by atoms with Gasteiger partial charge in [0.2, 0.25) is 0 Å². The third-order valence-electron chi connectivity index (χ3n) is 6.18. The molecule has 1 amide bonds. The van der Waals surface area contributed by atoms with E-state index >= 15 is 0 Å². The minimum Gasteiger partial charge on any atom is -0.497 e. The Morgan fingerprint density at radius 3 is 2.46 bits per heavy atom. The highest BCUT2D eigenvalue weighted by atomic mass is 32.2. The Hall–Kier alpha value is -3.58. The van der Waals surface area contributed by atoms with E-state index in [-0.39, 0.29) is 17.1 Å². The molecule has 0 bridgehead atoms. The summed E-state index contributed by atoms with van der Waals surface area (Å²) in [7, 11) is -0.0774. The van der Waals surface area contributed by atoms with Crippen molar-refractivity contribution in [2.45, 2.75) is 39.3 Å². The summed E-state index contributed by atoms with van der Waals surface area (Å²) in [6.45, 7) is 5.20. The standard InChI is InChI=1S/C25H29N3O6S/c1-16-12-19(17(2)28(16)21-6-8-23(33-5)9-7-21)13-20(14-26)25(30)34-18(3)24(29)27(4)22-10-11-35(31,32)15-22/h6-9,12-13,18,22H,10-11,15H2,1-5H3/b20-13+. The number of benzene rings is 1. The lowest BCUT2D eigenvalue weighted by atomic mass is 10.1. The number of amides is 1. The molecule has 2 unspecified atom stereocenters. The van der Waals surface area contributed by atoms with Crippen molar-refractivity contribution in [1.82, 2.24) is 9.47 Å². The summed E-state index contributed by atoms with van der Waals surface area (Å²) in [5, 5.41) is 9.59. The predicted molar refractivity (Wildman–Crippen MR) is 131 cm³/mol. The highest BCUT2D eigenvalue weighted by Gasteiger charge is 2.35. The summed E-state index contributed by atoms with van der Waals surface area (Å²) in [5.41, 5.74) is 3.04. The van der Waals surface area contributed by atoms with Gasteiger partial charge >= 0.3 is 5.97 Å². The number of nitrogens with zero attached hydrogens (tertiary/aromatic N) is 3. The van der Waals surface area contributed by atoms with Crippen LogP contribution < -0.4 is 4.74 Å². The van der Waals surface area contributed by atoms with E-state index in [1.165, 1.54) is 24.9 Å². The molecule has 0 N–H and O–H groups in total. The minimum absolute atomic E-state index is 0.0275. The summed E-state index contributed by atoms with van der Waals surface area (Å²) in [6.07, 6.45) is 0.618. The maximum absolute atomic E-state index is 12.7. The van der Waals surface area contributed by atoms with Crippen LogP contribution in [0, 0.1) is 25.2 Å². The normalized spacial score (nSPS) is 17.9. The molecule has 9 nitrogen and oxygen atoms in total. The molecule has 1 saturated heterocycles. The van der Waals surface area contributed by atoms with Crippen molar-refractivity contribution in [3.8, 4) is 17.5 Å². The topological polar surface area (TPSA) is 119 Å². The second kappa shape index (κ2) is 10.4. The Kier molecular flexibility index (Phi) is 7.70. The second-order valence-corrected chi connectivity index (χ2v) is 10.8. The SMILES string of the molecule is COc1ccc(-n2c(C)cc(/C=C(\C#N)C(=O)OC(C)C(=O)N(C)C3CCS(=O)(=O)C3)c2C)cc1. The number of aromatic nitrogens is 1. The fourth-order valence-electron chi connectivity index (χ4n) is 4.18. The minimum atomic E-state index is -3.17. The number of ether oxygens (including phenoxy) is 2. The summed E-state index contributed by atoms with van der Waals surface area (Å²) < 4.78 is 35.9. The molecular weight excluding hydrogens is 470 g/mol. The van der Waals surface area contributed by atoms with Crippen molar-refractivity contribution >= 4 is 27.8 Å². The summed E-state index contributed by atoms with van der Waals surface area (Å²) in [5.74, 6) is -0.789. The maximum atomic E-state index is 12.7. The molecule has 0 spiro atoms. The first-order valence-corrected chi connectivity index (χ1v) is 12.9. The lowest BCUT2D eigenvalue weighted by molar-refractivity contribution is -0.155. The van der Waals surface area contributed by atoms with Crippen molar-refractivity contribution in [3.63, 3.8) is 0 Å². The van der Waals surface area contributed by atoms with Gasteiger partial charge in [-0.1, -0.05) is 0 Å². The number of hydrogen-bond acceptors (Lipinski definition) is 7. The zero-order valence-electron chi connectivity index (χ0n) is 20.4. The van der Waals surface area contributed by atoms with Gasteiger partial charge in [-0.3, -0.25) is 4.79 Å². The van der Waals surface area contributed by atoms with Gasteiger partial charge in [-0.15, -0.1) is 0 Å². The smallest absolute Gasteiger partial charge is 0.349 e. The molecule has 186 valence electrons. The molecule has 0 radical (unpaired) electrons. The van der Waals surface area contributed by atoms with Gasteiger partial charge < -0.3 is 18.9 Å². The average molecular weight is 500 g/mol. The number of methoxy groups -OCH3 is 1. The summed E-state index contributed by atoms with van der Waals surface area (Å²) >= 11 is 0. The zero-order valence-corrected chi connectivity index (χ0v) is 21.3. The van der Waals surface area contributed by atoms with Crippen LogP contribution in [-0.2, 0) is 24.2 Å². The van der Waals surface area contributed by atoms with E-state index in [9.17, 15) is 23.3 Å². The lowest BCUT2D eigenvalue weighted by Gasteiger charge is -2.26. The number of hydrogen-bond donors (Lipinski definition) is 0. The van der Waals surface area contributed by atoms with Gasteiger partial charge in [0.1, 0.15) is 17.4 Å². The molecule has 10 heteroatoms. The number of likely N-dealkylation sites (N-methyl/N-ethyl adjacent to an activating group) is 1. The first kappa shape index (κ1) is 26.0. The van der Waals surface area contributed by atoms with Crippen LogP contribution in [0.4, 0.5) is 0 Å². The van der Waals surface area contributed by atoms with Gasteiger partial charge in [0.15, 0.2) is 15.9 Å². The fraction of sp³-hybridized carbons (Fsp3) is 0.400. The van der Waals surface area contributed by atoms with E-state index in [4.69, 9.17) is 9.47 Å². The molecule has 0 saturated carbocycles. The number of carbonyl (C=O) groups is 2.